The maximum Gasteiger partial charge on any atom is 0.215 e. The van der Waals surface area contributed by atoms with E-state index < -0.39 is 0 Å². The third kappa shape index (κ3) is 2.77. The average molecular weight is 513 g/mol. The minimum Gasteiger partial charge on any atom is -0.313 e. The van der Waals surface area contributed by atoms with Crippen molar-refractivity contribution in [2.24, 2.45) is 7.05 Å². The zero-order chi connectivity index (χ0) is 26.4. The number of imidazole rings is 1. The largest absolute Gasteiger partial charge is 0.313 e. The summed E-state index contributed by atoms with van der Waals surface area (Å²) >= 11 is 0. The summed E-state index contributed by atoms with van der Waals surface area (Å²) < 4.78 is 6.96. The first-order valence-electron chi connectivity index (χ1n) is 13.6. The van der Waals surface area contributed by atoms with E-state index in [4.69, 9.17) is 4.98 Å². The molecule has 0 aliphatic heterocycles. The van der Waals surface area contributed by atoms with Crippen molar-refractivity contribution in [2.75, 3.05) is 0 Å². The van der Waals surface area contributed by atoms with Crippen LogP contribution in [-0.4, -0.2) is 18.7 Å². The molecule has 0 N–H and O–H groups in total. The second kappa shape index (κ2) is 7.84. The number of aryl methyl sites for hydroxylation is 1. The van der Waals surface area contributed by atoms with Gasteiger partial charge in [0, 0.05) is 39.7 Å². The van der Waals surface area contributed by atoms with Crippen LogP contribution in [0.3, 0.4) is 0 Å². The first-order valence-corrected chi connectivity index (χ1v) is 13.6. The lowest BCUT2D eigenvalue weighted by Crippen LogP contribution is -2.03. The van der Waals surface area contributed by atoms with Crippen LogP contribution in [0.15, 0.2) is 127 Å². The van der Waals surface area contributed by atoms with Crippen LogP contribution in [-0.2, 0) is 7.05 Å². The smallest absolute Gasteiger partial charge is 0.215 e. The van der Waals surface area contributed by atoms with E-state index in [1.165, 1.54) is 48.9 Å². The lowest BCUT2D eigenvalue weighted by Gasteiger charge is -2.11. The first kappa shape index (κ1) is 21.6. The number of rotatable bonds is 2. The fourth-order valence-electron chi connectivity index (χ4n) is 6.64. The van der Waals surface area contributed by atoms with E-state index in [0.717, 1.165) is 28.2 Å². The van der Waals surface area contributed by atoms with Crippen LogP contribution in [0.1, 0.15) is 0 Å². The van der Waals surface area contributed by atoms with E-state index in [1.54, 1.807) is 0 Å². The molecule has 3 heterocycles. The second-order valence-corrected chi connectivity index (χ2v) is 10.6. The van der Waals surface area contributed by atoms with E-state index in [2.05, 4.69) is 148 Å². The third-order valence-electron chi connectivity index (χ3n) is 8.42. The first-order chi connectivity index (χ1) is 19.8. The molecule has 6 aromatic carbocycles. The number of benzene rings is 6. The van der Waals surface area contributed by atoms with Crippen LogP contribution < -0.4 is 0 Å². The summed E-state index contributed by atoms with van der Waals surface area (Å²) in [6, 6.07) is 45.7. The highest BCUT2D eigenvalue weighted by atomic mass is 15.2. The van der Waals surface area contributed by atoms with Crippen LogP contribution in [0.4, 0.5) is 0 Å². The molecule has 0 amide bonds. The van der Waals surface area contributed by atoms with Gasteiger partial charge in [-0.3, -0.25) is 4.57 Å². The topological polar surface area (TPSA) is 27.7 Å². The van der Waals surface area contributed by atoms with Gasteiger partial charge in [0.25, 0.3) is 0 Å². The molecular weight excluding hydrogens is 488 g/mol. The van der Waals surface area contributed by atoms with Gasteiger partial charge in [0.1, 0.15) is 0 Å². The van der Waals surface area contributed by atoms with Crippen molar-refractivity contribution in [1.82, 2.24) is 18.7 Å². The zero-order valence-electron chi connectivity index (χ0n) is 21.9. The van der Waals surface area contributed by atoms with E-state index >= 15 is 0 Å². The Kier molecular flexibility index (Phi) is 4.23. The molecule has 4 nitrogen and oxygen atoms in total. The van der Waals surface area contributed by atoms with Gasteiger partial charge in [-0.25, -0.2) is 4.98 Å². The molecule has 0 bridgehead atoms. The Morgan fingerprint density at radius 2 is 1.12 bits per heavy atom. The van der Waals surface area contributed by atoms with Crippen LogP contribution >= 0.6 is 0 Å². The molecule has 188 valence electrons. The molecule has 0 fully saturated rings. The van der Waals surface area contributed by atoms with Crippen LogP contribution in [0.5, 0.6) is 0 Å². The SMILES string of the molecule is Cn1c(-n2c3ccccc3c3ccc4cc5c6ccccc6n(-c6ccccc6)c5cc4c32)nc2ccccc21. The quantitative estimate of drug-likeness (QED) is 0.227. The summed E-state index contributed by atoms with van der Waals surface area (Å²) in [7, 11) is 2.11. The molecule has 0 aliphatic carbocycles. The van der Waals surface area contributed by atoms with Gasteiger partial charge in [-0.05, 0) is 53.9 Å². The molecule has 0 aliphatic rings. The maximum absolute atomic E-state index is 5.14. The van der Waals surface area contributed by atoms with Crippen LogP contribution in [0, 0.1) is 0 Å². The Balaban J connectivity index is 1.50. The van der Waals surface area contributed by atoms with Crippen molar-refractivity contribution in [3.05, 3.63) is 127 Å². The lowest BCUT2D eigenvalue weighted by molar-refractivity contribution is 0.871. The molecular formula is C36H24N4. The summed E-state index contributed by atoms with van der Waals surface area (Å²) in [6.07, 6.45) is 0. The van der Waals surface area contributed by atoms with Crippen molar-refractivity contribution in [3.63, 3.8) is 0 Å². The van der Waals surface area contributed by atoms with Gasteiger partial charge in [-0.15, -0.1) is 0 Å². The normalized spacial score (nSPS) is 12.1. The summed E-state index contributed by atoms with van der Waals surface area (Å²) in [4.78, 5) is 5.14. The molecule has 0 unspecified atom stereocenters. The Hall–Kier alpha value is -5.35. The average Bonchev–Trinajstić information content (AvgIpc) is 3.63. The molecule has 4 heteroatoms. The number of fused-ring (bicyclic) bond motifs is 9. The van der Waals surface area contributed by atoms with Gasteiger partial charge in [-0.1, -0.05) is 78.9 Å². The molecule has 3 aromatic heterocycles. The molecule has 9 rings (SSSR count). The summed E-state index contributed by atoms with van der Waals surface area (Å²) in [5.74, 6) is 0.920. The molecule has 0 atom stereocenters. The predicted octanol–water partition coefficient (Wildman–Crippen LogP) is 8.92. The molecule has 0 saturated carbocycles. The Bertz CT molecular complexity index is 2440. The monoisotopic (exact) mass is 512 g/mol. The van der Waals surface area contributed by atoms with Crippen molar-refractivity contribution in [1.29, 1.82) is 0 Å². The molecule has 0 radical (unpaired) electrons. The highest BCUT2D eigenvalue weighted by Gasteiger charge is 2.20. The molecule has 9 aromatic rings. The fraction of sp³-hybridized carbons (Fsp3) is 0.0278. The number of aromatic nitrogens is 4. The Labute approximate surface area is 229 Å². The van der Waals surface area contributed by atoms with E-state index in [-0.39, 0.29) is 0 Å². The zero-order valence-corrected chi connectivity index (χ0v) is 21.9. The Morgan fingerprint density at radius 1 is 0.475 bits per heavy atom. The van der Waals surface area contributed by atoms with Crippen molar-refractivity contribution in [2.45, 2.75) is 0 Å². The van der Waals surface area contributed by atoms with Gasteiger partial charge >= 0.3 is 0 Å². The van der Waals surface area contributed by atoms with Gasteiger partial charge in [0.15, 0.2) is 0 Å². The predicted molar refractivity (Wildman–Crippen MR) is 167 cm³/mol. The molecule has 0 saturated heterocycles. The Morgan fingerprint density at radius 3 is 1.90 bits per heavy atom. The highest BCUT2D eigenvalue weighted by Crippen LogP contribution is 2.40. The highest BCUT2D eigenvalue weighted by molar-refractivity contribution is 6.22. The third-order valence-corrected chi connectivity index (χ3v) is 8.42. The minimum absolute atomic E-state index is 0.920. The standard InChI is InChI=1S/C36H24N4/c1-38-33-18-10-7-15-30(33)37-36(38)40-32-17-9-5-13-25(32)27-20-19-23-21-29-26-14-6-8-16-31(26)39(24-11-3-2-4-12-24)34(29)22-28(23)35(27)40/h2-22H,1H3. The molecule has 40 heavy (non-hydrogen) atoms. The summed E-state index contributed by atoms with van der Waals surface area (Å²) in [6.45, 7) is 0. The number of hydrogen-bond acceptors (Lipinski definition) is 1. The number of para-hydroxylation sites is 5. The number of hydrogen-bond donors (Lipinski definition) is 0. The maximum atomic E-state index is 5.14. The number of nitrogens with zero attached hydrogens (tertiary/aromatic N) is 4. The van der Waals surface area contributed by atoms with Gasteiger partial charge in [-0.2, -0.15) is 0 Å². The van der Waals surface area contributed by atoms with E-state index in [1.807, 2.05) is 0 Å². The van der Waals surface area contributed by atoms with Gasteiger partial charge in [0.2, 0.25) is 5.95 Å². The van der Waals surface area contributed by atoms with Crippen molar-refractivity contribution in [3.8, 4) is 11.6 Å². The van der Waals surface area contributed by atoms with Crippen molar-refractivity contribution < 1.29 is 0 Å². The van der Waals surface area contributed by atoms with Crippen LogP contribution in [0.2, 0.25) is 0 Å². The van der Waals surface area contributed by atoms with Gasteiger partial charge < -0.3 is 9.13 Å². The molecule has 0 spiro atoms. The van der Waals surface area contributed by atoms with Gasteiger partial charge in [0.05, 0.1) is 33.1 Å². The minimum atomic E-state index is 0.920. The second-order valence-electron chi connectivity index (χ2n) is 10.6. The summed E-state index contributed by atoms with van der Waals surface area (Å²) in [5, 5.41) is 7.43. The van der Waals surface area contributed by atoms with Crippen molar-refractivity contribution >= 4 is 65.4 Å². The van der Waals surface area contributed by atoms with E-state index in [9.17, 15) is 0 Å². The lowest BCUT2D eigenvalue weighted by atomic mass is 10.0. The summed E-state index contributed by atoms with van der Waals surface area (Å²) in [5.41, 5.74) is 8.04. The van der Waals surface area contributed by atoms with E-state index in [0.29, 0.717) is 0 Å². The van der Waals surface area contributed by atoms with Crippen LogP contribution in [0.25, 0.3) is 77.1 Å². The fourth-order valence-corrected chi connectivity index (χ4v) is 6.64.